The molecule has 2 aliphatic heterocycles. The predicted molar refractivity (Wildman–Crippen MR) is 40.8 cm³/mol. The van der Waals surface area contributed by atoms with Gasteiger partial charge in [-0.3, -0.25) is 4.67 Å². The maximum atomic E-state index is 5.49. The molecule has 4 heteroatoms. The first kappa shape index (κ1) is 6.99. The molecule has 3 nitrogen and oxygen atoms in total. The summed E-state index contributed by atoms with van der Waals surface area (Å²) >= 11 is 0. The summed E-state index contributed by atoms with van der Waals surface area (Å²) in [6.45, 7) is 3.52. The third kappa shape index (κ3) is 1.19. The van der Waals surface area contributed by atoms with Crippen LogP contribution in [0.4, 0.5) is 0 Å². The Hall–Kier alpha value is 0.310. The quantitative estimate of drug-likeness (QED) is 0.462. The average Bonchev–Trinajstić information content (AvgIpc) is 2.27. The van der Waals surface area contributed by atoms with Gasteiger partial charge in [-0.25, -0.2) is 0 Å². The highest BCUT2D eigenvalue weighted by Crippen LogP contribution is 2.21. The number of hydrogen-bond donors (Lipinski definition) is 0. The van der Waals surface area contributed by atoms with E-state index < -0.39 is 0 Å². The molecule has 2 heterocycles. The highest BCUT2D eigenvalue weighted by molar-refractivity contribution is 7.13. The van der Waals surface area contributed by atoms with Crippen LogP contribution in [0.5, 0.6) is 0 Å². The molecule has 0 radical (unpaired) electrons. The first-order chi connectivity index (χ1) is 4.86. The molecule has 3 atom stereocenters. The predicted octanol–water partition coefficient (Wildman–Crippen LogP) is -0.124. The van der Waals surface area contributed by atoms with Crippen molar-refractivity contribution in [3.63, 3.8) is 0 Å². The maximum Gasteiger partial charge on any atom is 0.0980 e. The smallest absolute Gasteiger partial charge is 0.0980 e. The summed E-state index contributed by atoms with van der Waals surface area (Å²) < 4.78 is 13.2. The molecule has 0 spiro atoms. The number of nitrogens with zero attached hydrogens (tertiary/aromatic N) is 1. The van der Waals surface area contributed by atoms with Crippen LogP contribution >= 0.6 is 9.39 Å². The van der Waals surface area contributed by atoms with Crippen LogP contribution in [0.1, 0.15) is 0 Å². The van der Waals surface area contributed by atoms with E-state index >= 15 is 0 Å². The van der Waals surface area contributed by atoms with Crippen LogP contribution in [0.25, 0.3) is 0 Å². The van der Waals surface area contributed by atoms with Crippen molar-refractivity contribution in [3.8, 4) is 0 Å². The first-order valence-electron chi connectivity index (χ1n) is 3.59. The second-order valence-corrected chi connectivity index (χ2v) is 3.50. The zero-order valence-corrected chi connectivity index (χ0v) is 6.98. The van der Waals surface area contributed by atoms with Gasteiger partial charge in [0, 0.05) is 13.1 Å². The molecular weight excluding hydrogens is 149 g/mol. The maximum absolute atomic E-state index is 5.49. The Balaban J connectivity index is 1.97. The summed E-state index contributed by atoms with van der Waals surface area (Å²) in [5, 5.41) is 0. The van der Waals surface area contributed by atoms with Gasteiger partial charge in [-0.05, 0) is 0 Å². The van der Waals surface area contributed by atoms with Crippen molar-refractivity contribution in [2.75, 3.05) is 26.3 Å². The van der Waals surface area contributed by atoms with E-state index in [9.17, 15) is 0 Å². The van der Waals surface area contributed by atoms with Gasteiger partial charge in [-0.15, -0.1) is 0 Å². The number of hydrogen-bond acceptors (Lipinski definition) is 3. The Morgan fingerprint density at radius 2 is 1.60 bits per heavy atom. The van der Waals surface area contributed by atoms with Gasteiger partial charge in [-0.2, -0.15) is 0 Å². The Labute approximate surface area is 62.9 Å². The van der Waals surface area contributed by atoms with E-state index in [1.807, 2.05) is 0 Å². The van der Waals surface area contributed by atoms with Crippen LogP contribution in [-0.2, 0) is 9.47 Å². The van der Waals surface area contributed by atoms with E-state index in [1.165, 1.54) is 0 Å². The number of ether oxygens (including phenoxy) is 2. The van der Waals surface area contributed by atoms with Crippen LogP contribution in [0.3, 0.4) is 0 Å². The first-order valence-corrected chi connectivity index (χ1v) is 4.11. The molecule has 0 aromatic heterocycles. The molecular formula is C6H12NO2P. The monoisotopic (exact) mass is 161 g/mol. The molecule has 58 valence electrons. The lowest BCUT2D eigenvalue weighted by Gasteiger charge is -2.24. The molecule has 2 aliphatic rings. The number of fused-ring (bicyclic) bond motifs is 1. The summed E-state index contributed by atoms with van der Waals surface area (Å²) in [5.41, 5.74) is 0. The van der Waals surface area contributed by atoms with Crippen LogP contribution in [0.2, 0.25) is 0 Å². The lowest BCUT2D eigenvalue weighted by atomic mass is 10.2. The van der Waals surface area contributed by atoms with Crippen LogP contribution < -0.4 is 0 Å². The average molecular weight is 161 g/mol. The van der Waals surface area contributed by atoms with Gasteiger partial charge < -0.3 is 9.47 Å². The van der Waals surface area contributed by atoms with Crippen molar-refractivity contribution in [1.82, 2.24) is 4.67 Å². The molecule has 0 bridgehead atoms. The standard InChI is InChI=1S/C6H12NO2P/c10-7-3-5-6(4-7)9-2-1-8-5/h5-6H,1-4,10H2. The van der Waals surface area contributed by atoms with Crippen LogP contribution in [0.15, 0.2) is 0 Å². The van der Waals surface area contributed by atoms with Gasteiger partial charge in [0.1, 0.15) is 0 Å². The van der Waals surface area contributed by atoms with E-state index in [2.05, 4.69) is 14.1 Å². The second-order valence-electron chi connectivity index (χ2n) is 2.77. The summed E-state index contributed by atoms with van der Waals surface area (Å²) in [4.78, 5) is 0. The van der Waals surface area contributed by atoms with Gasteiger partial charge >= 0.3 is 0 Å². The van der Waals surface area contributed by atoms with E-state index in [1.54, 1.807) is 0 Å². The minimum absolute atomic E-state index is 0.325. The zero-order chi connectivity index (χ0) is 6.97. The Kier molecular flexibility index (Phi) is 1.92. The zero-order valence-electron chi connectivity index (χ0n) is 5.82. The van der Waals surface area contributed by atoms with Crippen molar-refractivity contribution in [3.05, 3.63) is 0 Å². The Bertz CT molecular complexity index is 119. The van der Waals surface area contributed by atoms with Crippen molar-refractivity contribution in [2.24, 2.45) is 0 Å². The fourth-order valence-corrected chi connectivity index (χ4v) is 1.91. The fraction of sp³-hybridized carbons (Fsp3) is 1.00. The van der Waals surface area contributed by atoms with Crippen molar-refractivity contribution in [2.45, 2.75) is 12.2 Å². The van der Waals surface area contributed by atoms with Gasteiger partial charge in [0.2, 0.25) is 0 Å². The highest BCUT2D eigenvalue weighted by atomic mass is 31.0. The summed E-state index contributed by atoms with van der Waals surface area (Å²) in [6.07, 6.45) is 0.650. The van der Waals surface area contributed by atoms with Gasteiger partial charge in [-0.1, -0.05) is 9.39 Å². The van der Waals surface area contributed by atoms with Crippen molar-refractivity contribution >= 4 is 9.39 Å². The van der Waals surface area contributed by atoms with Gasteiger partial charge in [0.15, 0.2) is 0 Å². The molecule has 0 N–H and O–H groups in total. The molecule has 0 saturated carbocycles. The Morgan fingerprint density at radius 3 is 2.10 bits per heavy atom. The number of rotatable bonds is 0. The van der Waals surface area contributed by atoms with Crippen LogP contribution in [-0.4, -0.2) is 43.2 Å². The van der Waals surface area contributed by atoms with Crippen molar-refractivity contribution < 1.29 is 9.47 Å². The third-order valence-electron chi connectivity index (χ3n) is 1.99. The Morgan fingerprint density at radius 1 is 1.10 bits per heavy atom. The molecule has 2 rings (SSSR count). The summed E-state index contributed by atoms with van der Waals surface area (Å²) in [6, 6.07) is 0. The highest BCUT2D eigenvalue weighted by Gasteiger charge is 2.34. The minimum Gasteiger partial charge on any atom is -0.372 e. The van der Waals surface area contributed by atoms with E-state index in [-0.39, 0.29) is 0 Å². The molecule has 0 aromatic carbocycles. The molecule has 0 aliphatic carbocycles. The van der Waals surface area contributed by atoms with E-state index in [0.717, 1.165) is 26.3 Å². The van der Waals surface area contributed by atoms with E-state index in [0.29, 0.717) is 12.2 Å². The molecule has 10 heavy (non-hydrogen) atoms. The summed E-state index contributed by atoms with van der Waals surface area (Å²) in [5.74, 6) is 0. The van der Waals surface area contributed by atoms with Crippen LogP contribution in [0, 0.1) is 0 Å². The molecule has 0 aromatic rings. The minimum atomic E-state index is 0.325. The summed E-state index contributed by atoms with van der Waals surface area (Å²) in [7, 11) is 2.68. The molecule has 0 amide bonds. The third-order valence-corrected chi connectivity index (χ3v) is 2.41. The van der Waals surface area contributed by atoms with Gasteiger partial charge in [0.05, 0.1) is 25.4 Å². The molecule has 2 fully saturated rings. The fourth-order valence-electron chi connectivity index (χ4n) is 1.49. The van der Waals surface area contributed by atoms with E-state index in [4.69, 9.17) is 9.47 Å². The van der Waals surface area contributed by atoms with Crippen molar-refractivity contribution in [1.29, 1.82) is 0 Å². The topological polar surface area (TPSA) is 21.7 Å². The molecule has 3 unspecified atom stereocenters. The molecule has 2 saturated heterocycles. The van der Waals surface area contributed by atoms with Gasteiger partial charge in [0.25, 0.3) is 0 Å². The normalized spacial score (nSPS) is 41.7. The lowest BCUT2D eigenvalue weighted by molar-refractivity contribution is -0.116. The SMILES string of the molecule is PN1CC2OCCOC2C1. The second kappa shape index (κ2) is 2.74. The largest absolute Gasteiger partial charge is 0.372 e. The lowest BCUT2D eigenvalue weighted by Crippen LogP contribution is -2.36.